The van der Waals surface area contributed by atoms with Gasteiger partial charge in [-0.3, -0.25) is 9.36 Å². The van der Waals surface area contributed by atoms with E-state index in [2.05, 4.69) is 41.3 Å². The van der Waals surface area contributed by atoms with Crippen LogP contribution >= 0.6 is 23.4 Å². The molecular weight excluding hydrogens is 368 g/mol. The van der Waals surface area contributed by atoms with Gasteiger partial charge in [0.2, 0.25) is 5.91 Å². The van der Waals surface area contributed by atoms with E-state index in [1.165, 1.54) is 17.3 Å². The Bertz CT molecular complexity index is 910. The molecular formula is C19H19ClN4OS. The molecule has 2 aromatic heterocycles. The van der Waals surface area contributed by atoms with Crippen LogP contribution in [0.15, 0.2) is 60.1 Å². The van der Waals surface area contributed by atoms with E-state index in [1.54, 1.807) is 24.5 Å². The first kappa shape index (κ1) is 18.5. The Kier molecular flexibility index (Phi) is 5.96. The van der Waals surface area contributed by atoms with Gasteiger partial charge in [0, 0.05) is 18.6 Å². The van der Waals surface area contributed by atoms with Crippen molar-refractivity contribution in [3.05, 3.63) is 65.7 Å². The normalized spacial score (nSPS) is 10.9. The van der Waals surface area contributed by atoms with Crippen molar-refractivity contribution in [2.75, 3.05) is 11.1 Å². The monoisotopic (exact) mass is 386 g/mol. The van der Waals surface area contributed by atoms with E-state index in [4.69, 9.17) is 11.6 Å². The molecule has 0 saturated heterocycles. The Morgan fingerprint density at radius 3 is 2.77 bits per heavy atom. The Morgan fingerprint density at radius 1 is 1.19 bits per heavy atom. The van der Waals surface area contributed by atoms with Gasteiger partial charge in [-0.2, -0.15) is 0 Å². The summed E-state index contributed by atoms with van der Waals surface area (Å²) in [7, 11) is 0. The van der Waals surface area contributed by atoms with Gasteiger partial charge in [-0.25, -0.2) is 9.97 Å². The van der Waals surface area contributed by atoms with Crippen LogP contribution in [0.2, 0.25) is 5.15 Å². The number of nitrogens with zero attached hydrogens (tertiary/aromatic N) is 3. The first-order valence-corrected chi connectivity index (χ1v) is 9.58. The number of carbonyl (C=O) groups excluding carboxylic acids is 1. The fourth-order valence-corrected chi connectivity index (χ4v) is 3.50. The Hall–Kier alpha value is -2.31. The van der Waals surface area contributed by atoms with Crippen molar-refractivity contribution in [3.8, 4) is 5.69 Å². The van der Waals surface area contributed by atoms with E-state index in [0.29, 0.717) is 11.6 Å². The van der Waals surface area contributed by atoms with Gasteiger partial charge in [0.05, 0.1) is 17.1 Å². The van der Waals surface area contributed by atoms with Gasteiger partial charge in [-0.05, 0) is 29.7 Å². The first-order valence-electron chi connectivity index (χ1n) is 8.22. The topological polar surface area (TPSA) is 59.8 Å². The van der Waals surface area contributed by atoms with Gasteiger partial charge < -0.3 is 5.32 Å². The summed E-state index contributed by atoms with van der Waals surface area (Å²) < 4.78 is 2.02. The molecule has 0 saturated carbocycles. The number of rotatable bonds is 6. The molecule has 0 radical (unpaired) electrons. The number of carbonyl (C=O) groups is 1. The van der Waals surface area contributed by atoms with Crippen molar-refractivity contribution in [2.45, 2.75) is 24.9 Å². The lowest BCUT2D eigenvalue weighted by atomic mass is 10.0. The minimum atomic E-state index is -0.156. The molecule has 3 rings (SSSR count). The van der Waals surface area contributed by atoms with Gasteiger partial charge >= 0.3 is 0 Å². The van der Waals surface area contributed by atoms with E-state index in [-0.39, 0.29) is 16.8 Å². The molecule has 1 amide bonds. The fraction of sp³-hybridized carbons (Fsp3) is 0.211. The highest BCUT2D eigenvalue weighted by molar-refractivity contribution is 7.99. The molecule has 0 atom stereocenters. The van der Waals surface area contributed by atoms with Gasteiger partial charge in [0.15, 0.2) is 10.3 Å². The number of halogens is 1. The number of imidazole rings is 1. The molecule has 0 bridgehead atoms. The fourth-order valence-electron chi connectivity index (χ4n) is 2.57. The summed E-state index contributed by atoms with van der Waals surface area (Å²) in [5.41, 5.74) is 2.82. The highest BCUT2D eigenvalue weighted by Crippen LogP contribution is 2.27. The number of hydrogen-bond donors (Lipinski definition) is 1. The SMILES string of the molecule is CC(C)c1ccccc1-n1ccnc1SCC(=O)Nc1cccnc1Cl. The van der Waals surface area contributed by atoms with Crippen molar-refractivity contribution in [3.63, 3.8) is 0 Å². The van der Waals surface area contributed by atoms with Crippen molar-refractivity contribution < 1.29 is 4.79 Å². The van der Waals surface area contributed by atoms with E-state index in [9.17, 15) is 4.79 Å². The summed E-state index contributed by atoms with van der Waals surface area (Å²) in [6.07, 6.45) is 5.24. The average molecular weight is 387 g/mol. The lowest BCUT2D eigenvalue weighted by Crippen LogP contribution is -2.15. The molecule has 2 heterocycles. The second-order valence-electron chi connectivity index (χ2n) is 5.97. The van der Waals surface area contributed by atoms with E-state index in [1.807, 2.05) is 22.9 Å². The summed E-state index contributed by atoms with van der Waals surface area (Å²) in [6.45, 7) is 4.32. The number of amides is 1. The van der Waals surface area contributed by atoms with Crippen molar-refractivity contribution in [1.82, 2.24) is 14.5 Å². The molecule has 0 spiro atoms. The molecule has 0 fully saturated rings. The van der Waals surface area contributed by atoms with Gasteiger partial charge in [0.1, 0.15) is 0 Å². The predicted octanol–water partition coefficient (Wildman–Crippen LogP) is 4.77. The van der Waals surface area contributed by atoms with Crippen LogP contribution in [0.4, 0.5) is 5.69 Å². The molecule has 7 heteroatoms. The van der Waals surface area contributed by atoms with E-state index in [0.717, 1.165) is 10.8 Å². The molecule has 26 heavy (non-hydrogen) atoms. The summed E-state index contributed by atoms with van der Waals surface area (Å²) in [5, 5.41) is 3.82. The third-order valence-electron chi connectivity index (χ3n) is 3.79. The molecule has 3 aromatic rings. The highest BCUT2D eigenvalue weighted by Gasteiger charge is 2.13. The molecule has 0 unspecified atom stereocenters. The van der Waals surface area contributed by atoms with Crippen LogP contribution in [0.5, 0.6) is 0 Å². The second kappa shape index (κ2) is 8.38. The maximum Gasteiger partial charge on any atom is 0.234 e. The maximum atomic E-state index is 12.2. The number of hydrogen-bond acceptors (Lipinski definition) is 4. The summed E-state index contributed by atoms with van der Waals surface area (Å²) in [5.74, 6) is 0.464. The van der Waals surface area contributed by atoms with Crippen molar-refractivity contribution >= 4 is 35.0 Å². The standard InChI is InChI=1S/C19H19ClN4OS/c1-13(2)14-6-3-4-8-16(14)24-11-10-22-19(24)26-12-17(25)23-15-7-5-9-21-18(15)20/h3-11,13H,12H2,1-2H3,(H,23,25). The number of aromatic nitrogens is 3. The minimum Gasteiger partial charge on any atom is -0.323 e. The molecule has 0 aliphatic rings. The van der Waals surface area contributed by atoms with Gasteiger partial charge in [-0.15, -0.1) is 0 Å². The van der Waals surface area contributed by atoms with Crippen LogP contribution in [0.25, 0.3) is 5.69 Å². The summed E-state index contributed by atoms with van der Waals surface area (Å²) >= 11 is 7.35. The molecule has 0 aliphatic carbocycles. The average Bonchev–Trinajstić information content (AvgIpc) is 3.10. The lowest BCUT2D eigenvalue weighted by molar-refractivity contribution is -0.113. The Morgan fingerprint density at radius 2 is 2.00 bits per heavy atom. The second-order valence-corrected chi connectivity index (χ2v) is 7.27. The largest absolute Gasteiger partial charge is 0.323 e. The molecule has 134 valence electrons. The third kappa shape index (κ3) is 4.26. The summed E-state index contributed by atoms with van der Waals surface area (Å²) in [4.78, 5) is 20.6. The molecule has 1 aromatic carbocycles. The quantitative estimate of drug-likeness (QED) is 0.489. The number of nitrogens with one attached hydrogen (secondary N) is 1. The van der Waals surface area contributed by atoms with E-state index < -0.39 is 0 Å². The predicted molar refractivity (Wildman–Crippen MR) is 106 cm³/mol. The molecule has 5 nitrogen and oxygen atoms in total. The zero-order chi connectivity index (χ0) is 18.5. The zero-order valence-corrected chi connectivity index (χ0v) is 16.1. The number of para-hydroxylation sites is 1. The van der Waals surface area contributed by atoms with Gasteiger partial charge in [-0.1, -0.05) is 55.4 Å². The number of benzene rings is 1. The van der Waals surface area contributed by atoms with Crippen LogP contribution in [-0.4, -0.2) is 26.2 Å². The number of thioether (sulfide) groups is 1. The Balaban J connectivity index is 1.72. The van der Waals surface area contributed by atoms with Crippen molar-refractivity contribution in [2.24, 2.45) is 0 Å². The maximum absolute atomic E-state index is 12.2. The van der Waals surface area contributed by atoms with E-state index >= 15 is 0 Å². The lowest BCUT2D eigenvalue weighted by Gasteiger charge is -2.15. The highest BCUT2D eigenvalue weighted by atomic mass is 35.5. The Labute approximate surface area is 161 Å². The van der Waals surface area contributed by atoms with Gasteiger partial charge in [0.25, 0.3) is 0 Å². The van der Waals surface area contributed by atoms with Crippen LogP contribution in [0.1, 0.15) is 25.3 Å². The third-order valence-corrected chi connectivity index (χ3v) is 5.06. The van der Waals surface area contributed by atoms with Crippen LogP contribution in [0, 0.1) is 0 Å². The molecule has 0 aliphatic heterocycles. The minimum absolute atomic E-state index is 0.156. The first-order chi connectivity index (χ1) is 12.6. The smallest absolute Gasteiger partial charge is 0.234 e. The van der Waals surface area contributed by atoms with Crippen molar-refractivity contribution in [1.29, 1.82) is 0 Å². The van der Waals surface area contributed by atoms with Crippen LogP contribution < -0.4 is 5.32 Å². The molecule has 1 N–H and O–H groups in total. The summed E-state index contributed by atoms with van der Waals surface area (Å²) in [6, 6.07) is 11.7. The van der Waals surface area contributed by atoms with Crippen LogP contribution in [0.3, 0.4) is 0 Å². The number of pyridine rings is 1. The van der Waals surface area contributed by atoms with Crippen LogP contribution in [-0.2, 0) is 4.79 Å². The zero-order valence-electron chi connectivity index (χ0n) is 14.5. The number of anilines is 1.